The first-order valence-corrected chi connectivity index (χ1v) is 8.07. The van der Waals surface area contributed by atoms with Crippen LogP contribution >= 0.6 is 27.5 Å². The summed E-state index contributed by atoms with van der Waals surface area (Å²) in [7, 11) is 0. The van der Waals surface area contributed by atoms with Gasteiger partial charge in [-0.05, 0) is 50.6 Å². The van der Waals surface area contributed by atoms with Crippen molar-refractivity contribution in [3.63, 3.8) is 0 Å². The molecule has 21 heavy (non-hydrogen) atoms. The maximum Gasteiger partial charge on any atom is 0.131 e. The van der Waals surface area contributed by atoms with E-state index in [9.17, 15) is 0 Å². The Morgan fingerprint density at radius 1 is 1.43 bits per heavy atom. The van der Waals surface area contributed by atoms with Crippen molar-refractivity contribution in [3.05, 3.63) is 44.6 Å². The van der Waals surface area contributed by atoms with Crippen molar-refractivity contribution in [1.29, 1.82) is 0 Å². The summed E-state index contributed by atoms with van der Waals surface area (Å²) in [6.07, 6.45) is 0.810. The van der Waals surface area contributed by atoms with Crippen LogP contribution in [0.25, 0.3) is 0 Å². The normalized spacial score (nSPS) is 10.9. The van der Waals surface area contributed by atoms with Crippen molar-refractivity contribution in [3.8, 4) is 5.75 Å². The van der Waals surface area contributed by atoms with Gasteiger partial charge in [-0.2, -0.15) is 5.10 Å². The first-order valence-electron chi connectivity index (χ1n) is 6.89. The van der Waals surface area contributed by atoms with Crippen LogP contribution in [-0.2, 0) is 19.6 Å². The van der Waals surface area contributed by atoms with Crippen molar-refractivity contribution in [2.24, 2.45) is 5.73 Å². The Morgan fingerprint density at radius 3 is 2.86 bits per heavy atom. The number of rotatable bonds is 6. The number of halogens is 2. The highest BCUT2D eigenvalue weighted by molar-refractivity contribution is 9.10. The van der Waals surface area contributed by atoms with E-state index in [1.165, 1.54) is 0 Å². The first-order chi connectivity index (χ1) is 10.1. The Labute approximate surface area is 138 Å². The zero-order valence-corrected chi connectivity index (χ0v) is 14.5. The molecule has 2 rings (SSSR count). The van der Waals surface area contributed by atoms with Gasteiger partial charge in [0.15, 0.2) is 0 Å². The van der Waals surface area contributed by atoms with Gasteiger partial charge < -0.3 is 10.5 Å². The molecular formula is C15H19BrClN3O. The molecule has 0 saturated carbocycles. The van der Waals surface area contributed by atoms with Gasteiger partial charge in [-0.3, -0.25) is 4.68 Å². The smallest absolute Gasteiger partial charge is 0.131 e. The van der Waals surface area contributed by atoms with Crippen LogP contribution in [0, 0.1) is 6.92 Å². The molecule has 1 aromatic carbocycles. The highest BCUT2D eigenvalue weighted by Crippen LogP contribution is 2.25. The summed E-state index contributed by atoms with van der Waals surface area (Å²) < 4.78 is 8.78. The molecule has 1 aromatic heterocycles. The molecule has 2 aromatic rings. The predicted molar refractivity (Wildman–Crippen MR) is 88.9 cm³/mol. The quantitative estimate of drug-likeness (QED) is 0.841. The minimum atomic E-state index is 0.400. The fraction of sp³-hybridized carbons (Fsp3) is 0.400. The molecule has 0 aliphatic heterocycles. The second-order valence-corrected chi connectivity index (χ2v) is 5.97. The predicted octanol–water partition coefficient (Wildman–Crippen LogP) is 3.71. The van der Waals surface area contributed by atoms with Crippen LogP contribution < -0.4 is 10.5 Å². The maximum atomic E-state index is 6.28. The molecule has 0 bridgehead atoms. The number of aryl methyl sites for hydroxylation is 2. The third-order valence-corrected chi connectivity index (χ3v) is 4.52. The lowest BCUT2D eigenvalue weighted by atomic mass is 10.1. The molecule has 0 spiro atoms. The zero-order valence-electron chi connectivity index (χ0n) is 12.2. The second kappa shape index (κ2) is 7.29. The van der Waals surface area contributed by atoms with Gasteiger partial charge in [0.1, 0.15) is 12.4 Å². The Hall–Kier alpha value is -1.04. The molecule has 0 atom stereocenters. The number of nitrogens with zero attached hydrogens (tertiary/aromatic N) is 2. The summed E-state index contributed by atoms with van der Waals surface area (Å²) >= 11 is 9.80. The Balaban J connectivity index is 2.15. The van der Waals surface area contributed by atoms with Crippen molar-refractivity contribution in [2.75, 3.05) is 6.54 Å². The fourth-order valence-electron chi connectivity index (χ4n) is 2.15. The molecule has 0 aliphatic carbocycles. The average molecular weight is 373 g/mol. The van der Waals surface area contributed by atoms with Crippen LogP contribution in [0.2, 0.25) is 5.02 Å². The molecule has 6 heteroatoms. The Morgan fingerprint density at radius 2 is 2.19 bits per heavy atom. The number of ether oxygens (including phenoxy) is 1. The summed E-state index contributed by atoms with van der Waals surface area (Å²) in [6.45, 7) is 5.71. The van der Waals surface area contributed by atoms with Crippen LogP contribution in [-0.4, -0.2) is 16.3 Å². The highest BCUT2D eigenvalue weighted by atomic mass is 79.9. The maximum absolute atomic E-state index is 6.28. The van der Waals surface area contributed by atoms with Gasteiger partial charge in [0.05, 0.1) is 16.4 Å². The van der Waals surface area contributed by atoms with Crippen LogP contribution in [0.15, 0.2) is 22.7 Å². The van der Waals surface area contributed by atoms with E-state index in [0.29, 0.717) is 18.2 Å². The largest absolute Gasteiger partial charge is 0.487 e. The van der Waals surface area contributed by atoms with Crippen molar-refractivity contribution in [2.45, 2.75) is 33.4 Å². The molecule has 0 aliphatic rings. The highest BCUT2D eigenvalue weighted by Gasteiger charge is 2.13. The van der Waals surface area contributed by atoms with E-state index in [4.69, 9.17) is 22.1 Å². The van der Waals surface area contributed by atoms with Gasteiger partial charge in [-0.25, -0.2) is 0 Å². The molecule has 0 unspecified atom stereocenters. The SMILES string of the molecule is CCn1nc(C)c(Cl)c1COc1ccc(Br)c(CCN)c1. The van der Waals surface area contributed by atoms with E-state index in [1.54, 1.807) is 0 Å². The number of nitrogens with two attached hydrogens (primary N) is 1. The third kappa shape index (κ3) is 3.78. The van der Waals surface area contributed by atoms with Gasteiger partial charge in [0.2, 0.25) is 0 Å². The van der Waals surface area contributed by atoms with E-state index < -0.39 is 0 Å². The molecule has 0 saturated heterocycles. The minimum absolute atomic E-state index is 0.400. The molecular weight excluding hydrogens is 354 g/mol. The summed E-state index contributed by atoms with van der Waals surface area (Å²) in [5, 5.41) is 5.06. The van der Waals surface area contributed by atoms with Gasteiger partial charge in [-0.1, -0.05) is 27.5 Å². The first kappa shape index (κ1) is 16.3. The Bertz CT molecular complexity index is 628. The van der Waals surface area contributed by atoms with Gasteiger partial charge >= 0.3 is 0 Å². The minimum Gasteiger partial charge on any atom is -0.487 e. The van der Waals surface area contributed by atoms with Crippen LogP contribution in [0.4, 0.5) is 0 Å². The molecule has 0 fully saturated rings. The van der Waals surface area contributed by atoms with E-state index in [-0.39, 0.29) is 0 Å². The van der Waals surface area contributed by atoms with Gasteiger partial charge in [0.25, 0.3) is 0 Å². The molecule has 0 radical (unpaired) electrons. The molecule has 4 nitrogen and oxygen atoms in total. The van der Waals surface area contributed by atoms with E-state index in [2.05, 4.69) is 21.0 Å². The van der Waals surface area contributed by atoms with Crippen molar-refractivity contribution >= 4 is 27.5 Å². The monoisotopic (exact) mass is 371 g/mol. The summed E-state index contributed by atoms with van der Waals surface area (Å²) in [5.74, 6) is 0.805. The lowest BCUT2D eigenvalue weighted by molar-refractivity contribution is 0.292. The van der Waals surface area contributed by atoms with E-state index in [1.807, 2.05) is 36.7 Å². The standard InChI is InChI=1S/C15H19BrClN3O/c1-3-20-14(15(17)10(2)19-20)9-21-12-4-5-13(16)11(8-12)6-7-18/h4-5,8H,3,6-7,9,18H2,1-2H3. The van der Waals surface area contributed by atoms with E-state index in [0.717, 1.165) is 40.1 Å². The molecule has 2 N–H and O–H groups in total. The van der Waals surface area contributed by atoms with Crippen LogP contribution in [0.3, 0.4) is 0 Å². The van der Waals surface area contributed by atoms with Crippen LogP contribution in [0.5, 0.6) is 5.75 Å². The fourth-order valence-corrected chi connectivity index (χ4v) is 2.78. The summed E-state index contributed by atoms with van der Waals surface area (Å²) in [5.41, 5.74) is 8.49. The zero-order chi connectivity index (χ0) is 15.4. The number of hydrogen-bond donors (Lipinski definition) is 1. The topological polar surface area (TPSA) is 53.1 Å². The lowest BCUT2D eigenvalue weighted by Crippen LogP contribution is -2.07. The Kier molecular flexibility index (Phi) is 5.67. The lowest BCUT2D eigenvalue weighted by Gasteiger charge is -2.10. The molecule has 1 heterocycles. The summed E-state index contributed by atoms with van der Waals surface area (Å²) in [6, 6.07) is 5.91. The number of benzene rings is 1. The average Bonchev–Trinajstić information content (AvgIpc) is 2.75. The van der Waals surface area contributed by atoms with E-state index >= 15 is 0 Å². The summed E-state index contributed by atoms with van der Waals surface area (Å²) in [4.78, 5) is 0. The number of aromatic nitrogens is 2. The molecule has 0 amide bonds. The van der Waals surface area contributed by atoms with Gasteiger partial charge in [-0.15, -0.1) is 0 Å². The second-order valence-electron chi connectivity index (χ2n) is 4.74. The van der Waals surface area contributed by atoms with Crippen molar-refractivity contribution < 1.29 is 4.74 Å². The third-order valence-electron chi connectivity index (χ3n) is 3.26. The van der Waals surface area contributed by atoms with Gasteiger partial charge in [0, 0.05) is 11.0 Å². The number of hydrogen-bond acceptors (Lipinski definition) is 3. The molecule has 114 valence electrons. The van der Waals surface area contributed by atoms with Crippen LogP contribution in [0.1, 0.15) is 23.9 Å². The van der Waals surface area contributed by atoms with Crippen molar-refractivity contribution in [1.82, 2.24) is 9.78 Å².